The average Bonchev–Trinajstić information content (AvgIpc) is 2.78. The Kier molecular flexibility index (Phi) is 3.87. The van der Waals surface area contributed by atoms with Gasteiger partial charge in [0.15, 0.2) is 0 Å². The van der Waals surface area contributed by atoms with Crippen LogP contribution in [-0.2, 0) is 4.79 Å². The van der Waals surface area contributed by atoms with Crippen molar-refractivity contribution in [1.82, 2.24) is 5.32 Å². The van der Waals surface area contributed by atoms with Crippen molar-refractivity contribution in [3.05, 3.63) is 29.8 Å². The van der Waals surface area contributed by atoms with Crippen molar-refractivity contribution in [2.75, 3.05) is 6.54 Å². The van der Waals surface area contributed by atoms with Gasteiger partial charge in [0.2, 0.25) is 0 Å². The summed E-state index contributed by atoms with van der Waals surface area (Å²) in [5.41, 5.74) is 1.06. The van der Waals surface area contributed by atoms with Gasteiger partial charge in [0.1, 0.15) is 11.8 Å². The number of carboxylic acid groups (broad SMARTS) is 1. The molecule has 0 amide bonds. The molecule has 1 aliphatic heterocycles. The van der Waals surface area contributed by atoms with Gasteiger partial charge in [-0.3, -0.25) is 4.79 Å². The molecule has 1 aromatic carbocycles. The first-order valence-corrected chi connectivity index (χ1v) is 6.30. The molecule has 1 aliphatic rings. The molecule has 2 rings (SSSR count). The number of hydrogen-bond acceptors (Lipinski definition) is 3. The van der Waals surface area contributed by atoms with Gasteiger partial charge >= 0.3 is 5.97 Å². The van der Waals surface area contributed by atoms with Gasteiger partial charge in [0.05, 0.1) is 6.10 Å². The number of carbonyl (C=O) groups is 1. The molecule has 1 saturated heterocycles. The lowest BCUT2D eigenvalue weighted by Crippen LogP contribution is -2.34. The summed E-state index contributed by atoms with van der Waals surface area (Å²) in [5, 5.41) is 12.2. The molecule has 98 valence electrons. The molecule has 1 heterocycles. The first kappa shape index (κ1) is 12.9. The second kappa shape index (κ2) is 5.40. The number of aliphatic carboxylic acids is 1. The lowest BCUT2D eigenvalue weighted by atomic mass is 9.92. The fourth-order valence-corrected chi connectivity index (χ4v) is 2.39. The Morgan fingerprint density at radius 3 is 2.61 bits per heavy atom. The van der Waals surface area contributed by atoms with Gasteiger partial charge in [-0.15, -0.1) is 0 Å². The summed E-state index contributed by atoms with van der Waals surface area (Å²) >= 11 is 0. The largest absolute Gasteiger partial charge is 0.491 e. The van der Waals surface area contributed by atoms with Gasteiger partial charge in [-0.05, 0) is 44.5 Å². The van der Waals surface area contributed by atoms with Crippen molar-refractivity contribution in [1.29, 1.82) is 0 Å². The normalized spacial score (nSPS) is 23.3. The summed E-state index contributed by atoms with van der Waals surface area (Å²) in [6.45, 7) is 4.72. The van der Waals surface area contributed by atoms with Crippen LogP contribution in [0.15, 0.2) is 24.3 Å². The molecule has 0 bridgehead atoms. The van der Waals surface area contributed by atoms with Gasteiger partial charge in [-0.2, -0.15) is 0 Å². The second-order valence-electron chi connectivity index (χ2n) is 4.90. The molecule has 4 nitrogen and oxygen atoms in total. The van der Waals surface area contributed by atoms with Gasteiger partial charge in [0, 0.05) is 5.92 Å². The van der Waals surface area contributed by atoms with Crippen molar-refractivity contribution in [2.45, 2.75) is 38.3 Å². The van der Waals surface area contributed by atoms with E-state index in [1.807, 2.05) is 38.1 Å². The van der Waals surface area contributed by atoms with Crippen molar-refractivity contribution in [3.63, 3.8) is 0 Å². The lowest BCUT2D eigenvalue weighted by molar-refractivity contribution is -0.139. The first-order valence-electron chi connectivity index (χ1n) is 6.30. The van der Waals surface area contributed by atoms with E-state index in [1.165, 1.54) is 0 Å². The van der Waals surface area contributed by atoms with Gasteiger partial charge in [-0.25, -0.2) is 0 Å². The van der Waals surface area contributed by atoms with E-state index in [2.05, 4.69) is 5.32 Å². The third-order valence-electron chi connectivity index (χ3n) is 3.17. The van der Waals surface area contributed by atoms with E-state index < -0.39 is 12.0 Å². The third-order valence-corrected chi connectivity index (χ3v) is 3.17. The maximum Gasteiger partial charge on any atom is 0.321 e. The molecular formula is C14H19NO3. The standard InChI is InChI=1S/C14H19NO3/c1-9(2)18-11-5-3-10(4-6-11)12-7-8-15-13(12)14(16)17/h3-6,9,12-13,15H,7-8H2,1-2H3,(H,16,17). The van der Waals surface area contributed by atoms with Crippen LogP contribution < -0.4 is 10.1 Å². The molecule has 0 spiro atoms. The summed E-state index contributed by atoms with van der Waals surface area (Å²) < 4.78 is 5.57. The maximum atomic E-state index is 11.1. The van der Waals surface area contributed by atoms with Crippen LogP contribution >= 0.6 is 0 Å². The predicted octanol–water partition coefficient (Wildman–Crippen LogP) is 2.00. The molecule has 2 atom stereocenters. The van der Waals surface area contributed by atoms with Crippen molar-refractivity contribution in [3.8, 4) is 5.75 Å². The molecule has 18 heavy (non-hydrogen) atoms. The zero-order chi connectivity index (χ0) is 13.1. The molecule has 2 N–H and O–H groups in total. The minimum Gasteiger partial charge on any atom is -0.491 e. The Labute approximate surface area is 107 Å². The number of nitrogens with one attached hydrogen (secondary N) is 1. The predicted molar refractivity (Wildman–Crippen MR) is 69.0 cm³/mol. The average molecular weight is 249 g/mol. The van der Waals surface area contributed by atoms with E-state index in [-0.39, 0.29) is 12.0 Å². The highest BCUT2D eigenvalue weighted by Gasteiger charge is 2.33. The summed E-state index contributed by atoms with van der Waals surface area (Å²) in [7, 11) is 0. The first-order chi connectivity index (χ1) is 8.58. The summed E-state index contributed by atoms with van der Waals surface area (Å²) in [4.78, 5) is 11.1. The zero-order valence-corrected chi connectivity index (χ0v) is 10.7. The van der Waals surface area contributed by atoms with E-state index in [4.69, 9.17) is 9.84 Å². The quantitative estimate of drug-likeness (QED) is 0.857. The van der Waals surface area contributed by atoms with Crippen LogP contribution in [0.25, 0.3) is 0 Å². The molecule has 2 unspecified atom stereocenters. The van der Waals surface area contributed by atoms with Crippen molar-refractivity contribution in [2.24, 2.45) is 0 Å². The molecule has 0 aliphatic carbocycles. The van der Waals surface area contributed by atoms with E-state index in [9.17, 15) is 4.79 Å². The number of rotatable bonds is 4. The van der Waals surface area contributed by atoms with Crippen LogP contribution in [0.5, 0.6) is 5.75 Å². The Hall–Kier alpha value is -1.55. The molecule has 1 fully saturated rings. The Bertz CT molecular complexity index is 414. The highest BCUT2D eigenvalue weighted by atomic mass is 16.5. The van der Waals surface area contributed by atoms with Crippen LogP contribution in [-0.4, -0.2) is 29.8 Å². The molecule has 1 aromatic rings. The second-order valence-corrected chi connectivity index (χ2v) is 4.90. The smallest absolute Gasteiger partial charge is 0.321 e. The SMILES string of the molecule is CC(C)Oc1ccc(C2CCNC2C(=O)O)cc1. The monoisotopic (exact) mass is 249 g/mol. The highest BCUT2D eigenvalue weighted by Crippen LogP contribution is 2.29. The zero-order valence-electron chi connectivity index (χ0n) is 10.7. The Morgan fingerprint density at radius 2 is 2.06 bits per heavy atom. The Morgan fingerprint density at radius 1 is 1.39 bits per heavy atom. The number of carboxylic acids is 1. The summed E-state index contributed by atoms with van der Waals surface area (Å²) in [6.07, 6.45) is 1.01. The topological polar surface area (TPSA) is 58.6 Å². The number of ether oxygens (including phenoxy) is 1. The molecule has 0 saturated carbocycles. The van der Waals surface area contributed by atoms with Crippen LogP contribution in [0.4, 0.5) is 0 Å². The number of benzene rings is 1. The van der Waals surface area contributed by atoms with Crippen LogP contribution in [0, 0.1) is 0 Å². The van der Waals surface area contributed by atoms with E-state index in [1.54, 1.807) is 0 Å². The fourth-order valence-electron chi connectivity index (χ4n) is 2.39. The highest BCUT2D eigenvalue weighted by molar-refractivity contribution is 5.75. The number of hydrogen-bond donors (Lipinski definition) is 2. The summed E-state index contributed by atoms with van der Waals surface area (Å²) in [5.74, 6) is 0.0992. The van der Waals surface area contributed by atoms with E-state index >= 15 is 0 Å². The van der Waals surface area contributed by atoms with Crippen LogP contribution in [0.3, 0.4) is 0 Å². The van der Waals surface area contributed by atoms with Gasteiger partial charge < -0.3 is 15.2 Å². The molecule has 0 aromatic heterocycles. The molecular weight excluding hydrogens is 230 g/mol. The van der Waals surface area contributed by atoms with Crippen molar-refractivity contribution >= 4 is 5.97 Å². The minimum absolute atomic E-state index is 0.0515. The van der Waals surface area contributed by atoms with Gasteiger partial charge in [0.25, 0.3) is 0 Å². The summed E-state index contributed by atoms with van der Waals surface area (Å²) in [6, 6.07) is 7.28. The van der Waals surface area contributed by atoms with E-state index in [0.29, 0.717) is 0 Å². The van der Waals surface area contributed by atoms with Gasteiger partial charge in [-0.1, -0.05) is 12.1 Å². The minimum atomic E-state index is -0.778. The molecule has 4 heteroatoms. The molecule has 0 radical (unpaired) electrons. The lowest BCUT2D eigenvalue weighted by Gasteiger charge is -2.16. The fraction of sp³-hybridized carbons (Fsp3) is 0.500. The Balaban J connectivity index is 2.11. The van der Waals surface area contributed by atoms with Crippen LogP contribution in [0.2, 0.25) is 0 Å². The van der Waals surface area contributed by atoms with Crippen LogP contribution in [0.1, 0.15) is 31.7 Å². The van der Waals surface area contributed by atoms with E-state index in [0.717, 1.165) is 24.3 Å². The third kappa shape index (κ3) is 2.82. The van der Waals surface area contributed by atoms with Crippen molar-refractivity contribution < 1.29 is 14.6 Å². The maximum absolute atomic E-state index is 11.1.